The van der Waals surface area contributed by atoms with Gasteiger partial charge in [-0.2, -0.15) is 0 Å². The molecule has 0 fully saturated rings. The highest BCUT2D eigenvalue weighted by Gasteiger charge is 2.44. The van der Waals surface area contributed by atoms with Crippen LogP contribution < -0.4 is 0 Å². The van der Waals surface area contributed by atoms with E-state index in [-0.39, 0.29) is 5.82 Å². The molecule has 1 aromatic rings. The Bertz CT molecular complexity index is 390. The molecule has 0 saturated heterocycles. The van der Waals surface area contributed by atoms with E-state index in [0.29, 0.717) is 0 Å². The molecule has 0 amide bonds. The van der Waals surface area contributed by atoms with Crippen LogP contribution in [0.15, 0.2) is 12.4 Å². The van der Waals surface area contributed by atoms with Crippen molar-refractivity contribution in [1.82, 2.24) is 9.55 Å². The van der Waals surface area contributed by atoms with Gasteiger partial charge in [-0.3, -0.25) is 0 Å². The molecule has 4 N–H and O–H groups in total. The quantitative estimate of drug-likeness (QED) is 0.442. The van der Waals surface area contributed by atoms with E-state index in [4.69, 9.17) is 5.11 Å². The Hall–Kier alpha value is -1.44. The summed E-state index contributed by atoms with van der Waals surface area (Å²) < 4.78 is 1.14. The van der Waals surface area contributed by atoms with Crippen LogP contribution in [0.3, 0.4) is 0 Å². The van der Waals surface area contributed by atoms with Crippen LogP contribution in [0.1, 0.15) is 18.0 Å². The zero-order valence-electron chi connectivity index (χ0n) is 7.56. The maximum absolute atomic E-state index is 10.9. The van der Waals surface area contributed by atoms with Crippen LogP contribution in [0.4, 0.5) is 0 Å². The summed E-state index contributed by atoms with van der Waals surface area (Å²) in [4.78, 5) is 14.6. The number of hydrogen-bond acceptors (Lipinski definition) is 5. The third-order valence-electron chi connectivity index (χ3n) is 2.51. The van der Waals surface area contributed by atoms with Crippen molar-refractivity contribution in [2.45, 2.75) is 24.4 Å². The summed E-state index contributed by atoms with van der Waals surface area (Å²) in [6.45, 7) is 0. The number of nitrogens with zero attached hydrogens (tertiary/aromatic N) is 2. The van der Waals surface area contributed by atoms with Crippen LogP contribution in [0.2, 0.25) is 0 Å². The molecule has 7 nitrogen and oxygen atoms in total. The first-order valence-corrected chi connectivity index (χ1v) is 4.33. The molecule has 0 spiro atoms. The van der Waals surface area contributed by atoms with E-state index in [1.807, 2.05) is 0 Å². The van der Waals surface area contributed by atoms with Crippen molar-refractivity contribution < 1.29 is 25.2 Å². The number of imidazole rings is 1. The van der Waals surface area contributed by atoms with Crippen LogP contribution in [-0.2, 0) is 4.79 Å². The van der Waals surface area contributed by atoms with Gasteiger partial charge in [0.25, 0.3) is 0 Å². The van der Waals surface area contributed by atoms with E-state index in [0.717, 1.165) is 4.57 Å². The highest BCUT2D eigenvalue weighted by atomic mass is 16.4. The zero-order chi connectivity index (χ0) is 11.2. The van der Waals surface area contributed by atoms with Crippen molar-refractivity contribution in [3.05, 3.63) is 18.2 Å². The lowest BCUT2D eigenvalue weighted by atomic mass is 9.96. The highest BCUT2D eigenvalue weighted by Crippen LogP contribution is 2.31. The number of rotatable bonds is 1. The minimum atomic E-state index is -1.56. The van der Waals surface area contributed by atoms with Crippen LogP contribution >= 0.6 is 0 Å². The molecule has 0 radical (unpaired) electrons. The third-order valence-corrected chi connectivity index (χ3v) is 2.51. The van der Waals surface area contributed by atoms with Crippen molar-refractivity contribution in [1.29, 1.82) is 0 Å². The molecule has 0 bridgehead atoms. The van der Waals surface area contributed by atoms with E-state index in [1.165, 1.54) is 12.4 Å². The minimum absolute atomic E-state index is 0.0419. The molecule has 7 heteroatoms. The molecule has 0 saturated carbocycles. The van der Waals surface area contributed by atoms with Gasteiger partial charge >= 0.3 is 5.97 Å². The molecule has 15 heavy (non-hydrogen) atoms. The van der Waals surface area contributed by atoms with E-state index < -0.39 is 30.3 Å². The number of hydrogen-bond donors (Lipinski definition) is 4. The average Bonchev–Trinajstić information content (AvgIpc) is 2.62. The van der Waals surface area contributed by atoms with Gasteiger partial charge in [-0.15, -0.1) is 0 Å². The summed E-state index contributed by atoms with van der Waals surface area (Å²) in [5.74, 6) is -1.24. The van der Waals surface area contributed by atoms with Gasteiger partial charge in [-0.1, -0.05) is 0 Å². The first kappa shape index (κ1) is 10.1. The largest absolute Gasteiger partial charge is 0.480 e. The normalized spacial score (nSPS) is 34.9. The predicted octanol–water partition coefficient (Wildman–Crippen LogP) is -1.72. The number of carboxylic acid groups (broad SMARTS) is 1. The molecule has 0 aliphatic carbocycles. The summed E-state index contributed by atoms with van der Waals surface area (Å²) >= 11 is 0. The molecule has 2 heterocycles. The number of carboxylic acids is 1. The van der Waals surface area contributed by atoms with Gasteiger partial charge < -0.3 is 25.0 Å². The molecule has 1 aromatic heterocycles. The summed E-state index contributed by atoms with van der Waals surface area (Å²) in [5.41, 5.74) is 0. The number of fused-ring (bicyclic) bond motifs is 1. The molecule has 0 aromatic carbocycles. The summed E-state index contributed by atoms with van der Waals surface area (Å²) in [7, 11) is 0. The number of aromatic nitrogens is 2. The lowest BCUT2D eigenvalue weighted by molar-refractivity contribution is -0.156. The Morgan fingerprint density at radius 3 is 2.60 bits per heavy atom. The first-order chi connectivity index (χ1) is 7.04. The summed E-state index contributed by atoms with van der Waals surface area (Å²) in [5, 5.41) is 37.3. The van der Waals surface area contributed by atoms with Crippen molar-refractivity contribution >= 4 is 5.97 Å². The van der Waals surface area contributed by atoms with Crippen LogP contribution in [-0.4, -0.2) is 48.2 Å². The number of aliphatic hydroxyl groups is 3. The highest BCUT2D eigenvalue weighted by molar-refractivity contribution is 5.73. The van der Waals surface area contributed by atoms with Gasteiger partial charge in [0.1, 0.15) is 24.1 Å². The fourth-order valence-electron chi connectivity index (χ4n) is 1.74. The standard InChI is InChI=1S/C8H10N2O5/c11-4-3(8(14)15)10-2-1-9-7(10)6(13)5(4)12/h1-6,11-13H,(H,14,15)/t3-,4+,5+,6-/m1/s1. The lowest BCUT2D eigenvalue weighted by Crippen LogP contribution is -2.47. The summed E-state index contributed by atoms with van der Waals surface area (Å²) in [6, 6.07) is -1.32. The number of carbonyl (C=O) groups is 1. The maximum Gasteiger partial charge on any atom is 0.329 e. The SMILES string of the molecule is O=C(O)[C@H]1[C@H](O)[C@H](O)[C@@H](O)c2nccn21. The van der Waals surface area contributed by atoms with Gasteiger partial charge in [-0.05, 0) is 0 Å². The fraction of sp³-hybridized carbons (Fsp3) is 0.500. The second-order valence-electron chi connectivity index (χ2n) is 3.40. The van der Waals surface area contributed by atoms with E-state index >= 15 is 0 Å². The first-order valence-electron chi connectivity index (χ1n) is 4.33. The molecule has 82 valence electrons. The molecular formula is C8H10N2O5. The van der Waals surface area contributed by atoms with Crippen molar-refractivity contribution in [3.8, 4) is 0 Å². The number of aliphatic carboxylic acids is 1. The van der Waals surface area contributed by atoms with Gasteiger partial charge in [0.15, 0.2) is 6.04 Å². The lowest BCUT2D eigenvalue weighted by Gasteiger charge is -2.33. The molecule has 0 unspecified atom stereocenters. The fourth-order valence-corrected chi connectivity index (χ4v) is 1.74. The van der Waals surface area contributed by atoms with Gasteiger partial charge in [0.2, 0.25) is 0 Å². The molecule has 1 aliphatic rings. The summed E-state index contributed by atoms with van der Waals surface area (Å²) in [6.07, 6.45) is -1.82. The smallest absolute Gasteiger partial charge is 0.329 e. The Morgan fingerprint density at radius 1 is 1.33 bits per heavy atom. The van der Waals surface area contributed by atoms with Crippen LogP contribution in [0.25, 0.3) is 0 Å². The van der Waals surface area contributed by atoms with Crippen molar-refractivity contribution in [2.24, 2.45) is 0 Å². The zero-order valence-corrected chi connectivity index (χ0v) is 7.56. The van der Waals surface area contributed by atoms with Crippen LogP contribution in [0, 0.1) is 0 Å². The Balaban J connectivity index is 2.51. The Labute approximate surface area is 84.2 Å². The number of aliphatic hydroxyl groups excluding tert-OH is 3. The van der Waals surface area contributed by atoms with Crippen molar-refractivity contribution in [3.63, 3.8) is 0 Å². The van der Waals surface area contributed by atoms with E-state index in [1.54, 1.807) is 0 Å². The third kappa shape index (κ3) is 1.32. The monoisotopic (exact) mass is 214 g/mol. The van der Waals surface area contributed by atoms with Crippen molar-refractivity contribution in [2.75, 3.05) is 0 Å². The second kappa shape index (κ2) is 3.30. The minimum Gasteiger partial charge on any atom is -0.480 e. The average molecular weight is 214 g/mol. The maximum atomic E-state index is 10.9. The second-order valence-corrected chi connectivity index (χ2v) is 3.40. The molecule has 1 aliphatic heterocycles. The Morgan fingerprint density at radius 2 is 2.00 bits per heavy atom. The topological polar surface area (TPSA) is 116 Å². The van der Waals surface area contributed by atoms with E-state index in [9.17, 15) is 20.1 Å². The van der Waals surface area contributed by atoms with Gasteiger partial charge in [0.05, 0.1) is 0 Å². The van der Waals surface area contributed by atoms with Crippen LogP contribution in [0.5, 0.6) is 0 Å². The molecule has 4 atom stereocenters. The van der Waals surface area contributed by atoms with E-state index in [2.05, 4.69) is 4.98 Å². The predicted molar refractivity (Wildman–Crippen MR) is 45.9 cm³/mol. The Kier molecular flexibility index (Phi) is 2.22. The molecular weight excluding hydrogens is 204 g/mol. The van der Waals surface area contributed by atoms with Gasteiger partial charge in [0, 0.05) is 12.4 Å². The molecule has 2 rings (SSSR count). The van der Waals surface area contributed by atoms with Gasteiger partial charge in [-0.25, -0.2) is 9.78 Å².